The van der Waals surface area contributed by atoms with Crippen molar-refractivity contribution in [3.05, 3.63) is 45.6 Å². The van der Waals surface area contributed by atoms with Crippen LogP contribution in [0.5, 0.6) is 0 Å². The molecule has 3 aromatic rings. The van der Waals surface area contributed by atoms with Gasteiger partial charge in [-0.1, -0.05) is 20.8 Å². The summed E-state index contributed by atoms with van der Waals surface area (Å²) >= 11 is 5.74. The van der Waals surface area contributed by atoms with Gasteiger partial charge in [0.25, 0.3) is 0 Å². The second-order valence-corrected chi connectivity index (χ2v) is 8.00. The summed E-state index contributed by atoms with van der Waals surface area (Å²) in [6, 6.07) is 7.04. The zero-order chi connectivity index (χ0) is 14.8. The first-order valence-corrected chi connectivity index (χ1v) is 10.1. The van der Waals surface area contributed by atoms with Gasteiger partial charge in [-0.2, -0.15) is 0 Å². The Bertz CT molecular complexity index is 727. The van der Waals surface area contributed by atoms with Gasteiger partial charge in [-0.15, -0.1) is 34.0 Å². The largest absolute Gasteiger partial charge is 0.143 e. The summed E-state index contributed by atoms with van der Waals surface area (Å²) in [5, 5.41) is 4.52. The van der Waals surface area contributed by atoms with E-state index in [0.29, 0.717) is 0 Å². The second kappa shape index (κ2) is 6.47. The third kappa shape index (κ3) is 2.87. The molecule has 0 fully saturated rings. The Morgan fingerprint density at radius 2 is 1.62 bits per heavy atom. The smallest absolute Gasteiger partial charge is 0.0484 e. The molecule has 3 heteroatoms. The fraction of sp³-hybridized carbons (Fsp3) is 0.333. The van der Waals surface area contributed by atoms with E-state index in [2.05, 4.69) is 49.7 Å². The summed E-state index contributed by atoms with van der Waals surface area (Å²) < 4.78 is 0. The SMILES string of the molecule is CCc1csc(-c2cc(CC)c(-c3sccc3CC)s2)c1. The minimum atomic E-state index is 1.11. The molecule has 0 nitrogen and oxygen atoms in total. The van der Waals surface area contributed by atoms with Crippen molar-refractivity contribution in [3.63, 3.8) is 0 Å². The van der Waals surface area contributed by atoms with Gasteiger partial charge in [0.1, 0.15) is 0 Å². The molecule has 0 unspecified atom stereocenters. The third-order valence-corrected chi connectivity index (χ3v) is 7.30. The maximum atomic E-state index is 2.41. The monoisotopic (exact) mass is 332 g/mol. The highest BCUT2D eigenvalue weighted by Gasteiger charge is 2.15. The summed E-state index contributed by atoms with van der Waals surface area (Å²) in [6.07, 6.45) is 3.35. The summed E-state index contributed by atoms with van der Waals surface area (Å²) in [6.45, 7) is 6.74. The highest BCUT2D eigenvalue weighted by molar-refractivity contribution is 7.26. The predicted molar refractivity (Wildman–Crippen MR) is 99.1 cm³/mol. The Morgan fingerprint density at radius 1 is 0.810 bits per heavy atom. The molecule has 0 aliphatic heterocycles. The van der Waals surface area contributed by atoms with Crippen molar-refractivity contribution < 1.29 is 0 Å². The van der Waals surface area contributed by atoms with Gasteiger partial charge < -0.3 is 0 Å². The Morgan fingerprint density at radius 3 is 2.29 bits per heavy atom. The Labute approximate surface area is 139 Å². The van der Waals surface area contributed by atoms with Crippen molar-refractivity contribution in [1.82, 2.24) is 0 Å². The Hall–Kier alpha value is -0.900. The maximum absolute atomic E-state index is 2.41. The molecule has 0 aliphatic carbocycles. The van der Waals surface area contributed by atoms with E-state index in [1.807, 2.05) is 34.0 Å². The van der Waals surface area contributed by atoms with Gasteiger partial charge in [0, 0.05) is 19.5 Å². The molecular formula is C18H20S3. The van der Waals surface area contributed by atoms with Crippen LogP contribution in [0.25, 0.3) is 19.5 Å². The number of rotatable bonds is 5. The van der Waals surface area contributed by atoms with Gasteiger partial charge in [0.15, 0.2) is 0 Å². The molecule has 0 radical (unpaired) electrons. The van der Waals surface area contributed by atoms with E-state index >= 15 is 0 Å². The number of aryl methyl sites for hydroxylation is 3. The summed E-state index contributed by atoms with van der Waals surface area (Å²) in [5.74, 6) is 0. The molecule has 0 amide bonds. The van der Waals surface area contributed by atoms with Crippen molar-refractivity contribution in [2.45, 2.75) is 40.0 Å². The van der Waals surface area contributed by atoms with Crippen LogP contribution in [0, 0.1) is 0 Å². The minimum absolute atomic E-state index is 1.11. The topological polar surface area (TPSA) is 0 Å². The first-order chi connectivity index (χ1) is 10.3. The molecule has 0 aliphatic rings. The van der Waals surface area contributed by atoms with E-state index in [-0.39, 0.29) is 0 Å². The lowest BCUT2D eigenvalue weighted by Gasteiger charge is -2.01. The van der Waals surface area contributed by atoms with E-state index in [4.69, 9.17) is 0 Å². The standard InChI is InChI=1S/C18H20S3/c1-4-12-9-15(20-11-12)16-10-14(6-3)18(21-16)17-13(5-2)7-8-19-17/h7-11H,4-6H2,1-3H3. The van der Waals surface area contributed by atoms with Crippen LogP contribution in [-0.2, 0) is 19.3 Å². The van der Waals surface area contributed by atoms with Crippen LogP contribution in [0.1, 0.15) is 37.5 Å². The van der Waals surface area contributed by atoms with Gasteiger partial charge in [0.05, 0.1) is 0 Å². The molecule has 110 valence electrons. The number of hydrogen-bond acceptors (Lipinski definition) is 3. The molecule has 0 saturated carbocycles. The molecular weight excluding hydrogens is 312 g/mol. The zero-order valence-electron chi connectivity index (χ0n) is 12.7. The van der Waals surface area contributed by atoms with Crippen LogP contribution in [0.2, 0.25) is 0 Å². The Balaban J connectivity index is 2.06. The van der Waals surface area contributed by atoms with Gasteiger partial charge in [-0.25, -0.2) is 0 Å². The van der Waals surface area contributed by atoms with Crippen LogP contribution in [-0.4, -0.2) is 0 Å². The average Bonchev–Trinajstić information content (AvgIpc) is 3.23. The van der Waals surface area contributed by atoms with Crippen molar-refractivity contribution in [2.75, 3.05) is 0 Å². The van der Waals surface area contributed by atoms with Crippen molar-refractivity contribution >= 4 is 34.0 Å². The van der Waals surface area contributed by atoms with E-state index in [1.165, 1.54) is 36.2 Å². The summed E-state index contributed by atoms with van der Waals surface area (Å²) in [7, 11) is 0. The van der Waals surface area contributed by atoms with Crippen LogP contribution < -0.4 is 0 Å². The highest BCUT2D eigenvalue weighted by atomic mass is 32.1. The van der Waals surface area contributed by atoms with E-state index in [1.54, 1.807) is 0 Å². The molecule has 0 atom stereocenters. The molecule has 3 heterocycles. The van der Waals surface area contributed by atoms with Crippen LogP contribution >= 0.6 is 34.0 Å². The summed E-state index contributed by atoms with van der Waals surface area (Å²) in [4.78, 5) is 5.83. The molecule has 21 heavy (non-hydrogen) atoms. The molecule has 0 aromatic carbocycles. The van der Waals surface area contributed by atoms with E-state index in [0.717, 1.165) is 19.3 Å². The van der Waals surface area contributed by atoms with E-state index < -0.39 is 0 Å². The van der Waals surface area contributed by atoms with Gasteiger partial charge in [0.2, 0.25) is 0 Å². The molecule has 3 rings (SSSR count). The van der Waals surface area contributed by atoms with E-state index in [9.17, 15) is 0 Å². The molecule has 0 saturated heterocycles. The quantitative estimate of drug-likeness (QED) is 0.477. The molecule has 0 N–H and O–H groups in total. The number of hydrogen-bond donors (Lipinski definition) is 0. The number of thiophene rings is 3. The Kier molecular flexibility index (Phi) is 4.63. The van der Waals surface area contributed by atoms with Gasteiger partial charge >= 0.3 is 0 Å². The van der Waals surface area contributed by atoms with Crippen LogP contribution in [0.15, 0.2) is 29.0 Å². The first-order valence-electron chi connectivity index (χ1n) is 7.54. The molecule has 0 bridgehead atoms. The highest BCUT2D eigenvalue weighted by Crippen LogP contribution is 2.43. The van der Waals surface area contributed by atoms with Gasteiger partial charge in [-0.3, -0.25) is 0 Å². The van der Waals surface area contributed by atoms with Crippen LogP contribution in [0.4, 0.5) is 0 Å². The van der Waals surface area contributed by atoms with Crippen molar-refractivity contribution in [1.29, 1.82) is 0 Å². The summed E-state index contributed by atoms with van der Waals surface area (Å²) in [5.41, 5.74) is 4.44. The van der Waals surface area contributed by atoms with Crippen LogP contribution in [0.3, 0.4) is 0 Å². The minimum Gasteiger partial charge on any atom is -0.143 e. The molecule has 0 spiro atoms. The maximum Gasteiger partial charge on any atom is 0.0484 e. The third-order valence-electron chi connectivity index (χ3n) is 3.83. The fourth-order valence-corrected chi connectivity index (χ4v) is 6.06. The normalized spacial score (nSPS) is 11.2. The molecule has 3 aromatic heterocycles. The lowest BCUT2D eigenvalue weighted by molar-refractivity contribution is 1.14. The lowest BCUT2D eigenvalue weighted by Crippen LogP contribution is -1.82. The zero-order valence-corrected chi connectivity index (χ0v) is 15.2. The first kappa shape index (κ1) is 15.0. The van der Waals surface area contributed by atoms with Crippen molar-refractivity contribution in [2.24, 2.45) is 0 Å². The second-order valence-electron chi connectivity index (χ2n) is 5.12. The lowest BCUT2D eigenvalue weighted by atomic mass is 10.1. The average molecular weight is 333 g/mol. The fourth-order valence-electron chi connectivity index (χ4n) is 2.51. The predicted octanol–water partition coefficient (Wildman–Crippen LogP) is 6.89. The van der Waals surface area contributed by atoms with Crippen molar-refractivity contribution in [3.8, 4) is 19.5 Å². The van der Waals surface area contributed by atoms with Gasteiger partial charge in [-0.05, 0) is 64.9 Å².